The summed E-state index contributed by atoms with van der Waals surface area (Å²) in [6, 6.07) is 4.92. The highest BCUT2D eigenvalue weighted by atomic mass is 32.1. The summed E-state index contributed by atoms with van der Waals surface area (Å²) in [5.74, 6) is 0.940. The van der Waals surface area contributed by atoms with Gasteiger partial charge in [0.15, 0.2) is 5.13 Å². The Labute approximate surface area is 144 Å². The van der Waals surface area contributed by atoms with Crippen molar-refractivity contribution in [1.82, 2.24) is 15.2 Å². The number of fused-ring (bicyclic) bond motifs is 4. The molecular formula is C17H20N4O2S. The molecule has 0 aliphatic carbocycles. The third kappa shape index (κ3) is 1.97. The predicted molar refractivity (Wildman–Crippen MR) is 94.1 cm³/mol. The fourth-order valence-electron chi connectivity index (χ4n) is 4.01. The number of ether oxygens (including phenoxy) is 1. The van der Waals surface area contributed by atoms with Crippen molar-refractivity contribution < 1.29 is 9.53 Å². The molecule has 1 aromatic heterocycles. The average Bonchev–Trinajstić information content (AvgIpc) is 3.26. The van der Waals surface area contributed by atoms with E-state index in [1.165, 1.54) is 5.56 Å². The summed E-state index contributed by atoms with van der Waals surface area (Å²) in [6.07, 6.45) is 0.898. The van der Waals surface area contributed by atoms with Crippen LogP contribution in [0.1, 0.15) is 19.4 Å². The molecule has 2 atom stereocenters. The summed E-state index contributed by atoms with van der Waals surface area (Å²) < 4.78 is 6.77. The van der Waals surface area contributed by atoms with Crippen molar-refractivity contribution in [3.05, 3.63) is 17.7 Å². The molecule has 3 aliphatic heterocycles. The highest BCUT2D eigenvalue weighted by molar-refractivity contribution is 7.22. The number of thiazole rings is 1. The third-order valence-corrected chi connectivity index (χ3v) is 6.35. The topological polar surface area (TPSA) is 57.7 Å². The van der Waals surface area contributed by atoms with E-state index in [1.807, 2.05) is 11.0 Å². The number of amides is 2. The summed E-state index contributed by atoms with van der Waals surface area (Å²) in [5, 5.41) is 3.94. The number of likely N-dealkylation sites (tertiary alicyclic amines) is 1. The lowest BCUT2D eigenvalue weighted by Crippen LogP contribution is -2.40. The second-order valence-electron chi connectivity index (χ2n) is 7.02. The van der Waals surface area contributed by atoms with Crippen LogP contribution in [0, 0.1) is 0 Å². The Balaban J connectivity index is 1.54. The Bertz CT molecular complexity index is 833. The highest BCUT2D eigenvalue weighted by Gasteiger charge is 2.47. The van der Waals surface area contributed by atoms with Gasteiger partial charge in [0.05, 0.1) is 28.9 Å². The molecule has 1 N–H and O–H groups in total. The first-order chi connectivity index (χ1) is 11.6. The SMILES string of the molecule is CC(C)N1CC2NC(=O)N(c3nc4c5c(ccc4s3)OCC5)C2C1. The minimum Gasteiger partial charge on any atom is -0.493 e. The number of benzene rings is 1. The molecular weight excluding hydrogens is 324 g/mol. The van der Waals surface area contributed by atoms with Crippen molar-refractivity contribution in [3.8, 4) is 5.75 Å². The molecule has 2 saturated heterocycles. The van der Waals surface area contributed by atoms with Crippen LogP contribution in [0.15, 0.2) is 12.1 Å². The number of nitrogens with one attached hydrogen (secondary N) is 1. The zero-order valence-electron chi connectivity index (χ0n) is 13.8. The summed E-state index contributed by atoms with van der Waals surface area (Å²) in [6.45, 7) is 6.94. The molecule has 24 heavy (non-hydrogen) atoms. The molecule has 0 radical (unpaired) electrons. The van der Waals surface area contributed by atoms with Gasteiger partial charge in [-0.05, 0) is 26.0 Å². The molecule has 3 aliphatic rings. The minimum absolute atomic E-state index is 0.0136. The number of urea groups is 1. The van der Waals surface area contributed by atoms with E-state index < -0.39 is 0 Å². The second-order valence-corrected chi connectivity index (χ2v) is 8.03. The summed E-state index contributed by atoms with van der Waals surface area (Å²) in [4.78, 5) is 21.6. The summed E-state index contributed by atoms with van der Waals surface area (Å²) in [7, 11) is 0. The van der Waals surface area contributed by atoms with Crippen molar-refractivity contribution in [3.63, 3.8) is 0 Å². The lowest BCUT2D eigenvalue weighted by Gasteiger charge is -2.23. The Hall–Kier alpha value is -1.86. The van der Waals surface area contributed by atoms with Gasteiger partial charge in [0.2, 0.25) is 0 Å². The molecule has 2 amide bonds. The lowest BCUT2D eigenvalue weighted by molar-refractivity contribution is 0.238. The van der Waals surface area contributed by atoms with E-state index in [4.69, 9.17) is 9.72 Å². The van der Waals surface area contributed by atoms with E-state index >= 15 is 0 Å². The van der Waals surface area contributed by atoms with Crippen LogP contribution in [-0.4, -0.2) is 53.7 Å². The number of carbonyl (C=O) groups excluding carboxylic acids is 1. The van der Waals surface area contributed by atoms with Gasteiger partial charge in [-0.2, -0.15) is 0 Å². The number of aromatic nitrogens is 1. The van der Waals surface area contributed by atoms with E-state index in [-0.39, 0.29) is 18.1 Å². The molecule has 4 heterocycles. The number of hydrogen-bond acceptors (Lipinski definition) is 5. The van der Waals surface area contributed by atoms with Crippen LogP contribution in [0.4, 0.5) is 9.93 Å². The standard InChI is InChI=1S/C17H20N4O2S/c1-9(2)20-7-11-12(8-20)21(16(22)18-11)17-19-15-10-5-6-23-13(10)3-4-14(15)24-17/h3-4,9,11-12H,5-8H2,1-2H3,(H,18,22). The second kappa shape index (κ2) is 5.07. The summed E-state index contributed by atoms with van der Waals surface area (Å²) in [5.41, 5.74) is 2.18. The lowest BCUT2D eigenvalue weighted by atomic mass is 10.1. The highest BCUT2D eigenvalue weighted by Crippen LogP contribution is 2.39. The van der Waals surface area contributed by atoms with Gasteiger partial charge >= 0.3 is 6.03 Å². The van der Waals surface area contributed by atoms with Gasteiger partial charge in [0.25, 0.3) is 0 Å². The first kappa shape index (κ1) is 14.5. The van der Waals surface area contributed by atoms with E-state index in [9.17, 15) is 4.79 Å². The Kier molecular flexibility index (Phi) is 3.06. The molecule has 2 fully saturated rings. The van der Waals surface area contributed by atoms with Gasteiger partial charge in [-0.3, -0.25) is 9.80 Å². The molecule has 2 unspecified atom stereocenters. The van der Waals surface area contributed by atoms with Gasteiger partial charge < -0.3 is 10.1 Å². The van der Waals surface area contributed by atoms with Gasteiger partial charge in [0, 0.05) is 31.1 Å². The zero-order valence-corrected chi connectivity index (χ0v) is 14.6. The molecule has 7 heteroatoms. The van der Waals surface area contributed by atoms with Gasteiger partial charge in [-0.15, -0.1) is 0 Å². The average molecular weight is 344 g/mol. The van der Waals surface area contributed by atoms with Crippen LogP contribution < -0.4 is 15.0 Å². The first-order valence-electron chi connectivity index (χ1n) is 8.51. The van der Waals surface area contributed by atoms with Gasteiger partial charge in [-0.25, -0.2) is 9.78 Å². The molecule has 6 nitrogen and oxygen atoms in total. The largest absolute Gasteiger partial charge is 0.493 e. The molecule has 1 aromatic carbocycles. The maximum Gasteiger partial charge on any atom is 0.324 e. The monoisotopic (exact) mass is 344 g/mol. The molecule has 0 bridgehead atoms. The maximum absolute atomic E-state index is 12.5. The van der Waals surface area contributed by atoms with Crippen molar-refractivity contribution in [1.29, 1.82) is 0 Å². The van der Waals surface area contributed by atoms with Crippen LogP contribution in [0.25, 0.3) is 10.2 Å². The Morgan fingerprint density at radius 2 is 2.25 bits per heavy atom. The molecule has 0 spiro atoms. The van der Waals surface area contributed by atoms with E-state index in [0.717, 1.165) is 47.2 Å². The number of hydrogen-bond donors (Lipinski definition) is 1. The van der Waals surface area contributed by atoms with Crippen molar-refractivity contribution >= 4 is 32.7 Å². The van der Waals surface area contributed by atoms with Crippen LogP contribution in [-0.2, 0) is 6.42 Å². The normalized spacial score (nSPS) is 26.1. The van der Waals surface area contributed by atoms with Crippen LogP contribution in [0.5, 0.6) is 5.75 Å². The fourth-order valence-corrected chi connectivity index (χ4v) is 5.06. The molecule has 2 aromatic rings. The van der Waals surface area contributed by atoms with Gasteiger partial charge in [-0.1, -0.05) is 11.3 Å². The van der Waals surface area contributed by atoms with Crippen molar-refractivity contribution in [2.24, 2.45) is 0 Å². The maximum atomic E-state index is 12.5. The van der Waals surface area contributed by atoms with Gasteiger partial charge in [0.1, 0.15) is 5.75 Å². The van der Waals surface area contributed by atoms with Crippen molar-refractivity contribution in [2.75, 3.05) is 24.6 Å². The molecule has 5 rings (SSSR count). The van der Waals surface area contributed by atoms with Crippen LogP contribution in [0.2, 0.25) is 0 Å². The number of carbonyl (C=O) groups is 1. The summed E-state index contributed by atoms with van der Waals surface area (Å²) >= 11 is 1.60. The number of nitrogens with zero attached hydrogens (tertiary/aromatic N) is 3. The van der Waals surface area contributed by atoms with E-state index in [2.05, 4.69) is 30.1 Å². The number of anilines is 1. The van der Waals surface area contributed by atoms with Crippen LogP contribution >= 0.6 is 11.3 Å². The van der Waals surface area contributed by atoms with Crippen LogP contribution in [0.3, 0.4) is 0 Å². The smallest absolute Gasteiger partial charge is 0.324 e. The fraction of sp³-hybridized carbons (Fsp3) is 0.529. The van der Waals surface area contributed by atoms with Crippen molar-refractivity contribution in [2.45, 2.75) is 38.4 Å². The molecule has 126 valence electrons. The quantitative estimate of drug-likeness (QED) is 0.908. The first-order valence-corrected chi connectivity index (χ1v) is 9.32. The third-order valence-electron chi connectivity index (χ3n) is 5.33. The number of rotatable bonds is 2. The predicted octanol–water partition coefficient (Wildman–Crippen LogP) is 2.22. The minimum atomic E-state index is -0.0136. The Morgan fingerprint density at radius 1 is 1.38 bits per heavy atom. The zero-order chi connectivity index (χ0) is 16.4. The Morgan fingerprint density at radius 3 is 3.08 bits per heavy atom. The van der Waals surface area contributed by atoms with E-state index in [0.29, 0.717) is 6.04 Å². The molecule has 0 saturated carbocycles. The van der Waals surface area contributed by atoms with E-state index in [1.54, 1.807) is 11.3 Å².